The van der Waals surface area contributed by atoms with Crippen LogP contribution >= 0.6 is 11.3 Å². The van der Waals surface area contributed by atoms with Crippen molar-refractivity contribution in [1.29, 1.82) is 0 Å². The third kappa shape index (κ3) is 2.44. The molecule has 0 fully saturated rings. The Morgan fingerprint density at radius 3 is 2.50 bits per heavy atom. The van der Waals surface area contributed by atoms with Crippen molar-refractivity contribution in [2.75, 3.05) is 7.05 Å². The molecule has 78 valence electrons. The first-order chi connectivity index (χ1) is 6.49. The lowest BCUT2D eigenvalue weighted by atomic mass is 9.94. The van der Waals surface area contributed by atoms with Gasteiger partial charge in [-0.3, -0.25) is 4.99 Å². The van der Waals surface area contributed by atoms with E-state index in [0.717, 1.165) is 6.42 Å². The van der Waals surface area contributed by atoms with Crippen LogP contribution in [0.15, 0.2) is 11.1 Å². The maximum absolute atomic E-state index is 4.09. The SMILES string of the molecule is CCc1sc(C(C)(C)C)cc1C=NC. The Labute approximate surface area is 90.9 Å². The highest BCUT2D eigenvalue weighted by molar-refractivity contribution is 7.12. The summed E-state index contributed by atoms with van der Waals surface area (Å²) in [7, 11) is 1.83. The van der Waals surface area contributed by atoms with Gasteiger partial charge in [0.2, 0.25) is 0 Å². The Morgan fingerprint density at radius 1 is 1.43 bits per heavy atom. The monoisotopic (exact) mass is 209 g/mol. The first kappa shape index (κ1) is 11.4. The molecule has 0 bridgehead atoms. The molecule has 0 aliphatic heterocycles. The fourth-order valence-electron chi connectivity index (χ4n) is 1.34. The average molecular weight is 209 g/mol. The highest BCUT2D eigenvalue weighted by atomic mass is 32.1. The summed E-state index contributed by atoms with van der Waals surface area (Å²) in [5.41, 5.74) is 1.55. The van der Waals surface area contributed by atoms with Crippen LogP contribution in [0.4, 0.5) is 0 Å². The van der Waals surface area contributed by atoms with E-state index in [-0.39, 0.29) is 5.41 Å². The van der Waals surface area contributed by atoms with Gasteiger partial charge >= 0.3 is 0 Å². The molecular formula is C12H19NS. The van der Waals surface area contributed by atoms with Gasteiger partial charge in [0.1, 0.15) is 0 Å². The zero-order valence-corrected chi connectivity index (χ0v) is 10.5. The maximum Gasteiger partial charge on any atom is 0.0292 e. The van der Waals surface area contributed by atoms with E-state index in [1.165, 1.54) is 15.3 Å². The van der Waals surface area contributed by atoms with Crippen molar-refractivity contribution in [2.24, 2.45) is 4.99 Å². The quantitative estimate of drug-likeness (QED) is 0.659. The largest absolute Gasteiger partial charge is 0.296 e. The summed E-state index contributed by atoms with van der Waals surface area (Å²) in [4.78, 5) is 6.98. The molecule has 1 nitrogen and oxygen atoms in total. The number of aliphatic imine (C=N–C) groups is 1. The van der Waals surface area contributed by atoms with Gasteiger partial charge in [-0.05, 0) is 17.9 Å². The summed E-state index contributed by atoms with van der Waals surface area (Å²) in [5, 5.41) is 0. The fraction of sp³-hybridized carbons (Fsp3) is 0.583. The molecule has 0 N–H and O–H groups in total. The third-order valence-corrected chi connectivity index (χ3v) is 3.89. The lowest BCUT2D eigenvalue weighted by Crippen LogP contribution is -2.07. The Hall–Kier alpha value is -0.630. The van der Waals surface area contributed by atoms with Crippen molar-refractivity contribution in [3.8, 4) is 0 Å². The molecule has 2 heteroatoms. The summed E-state index contributed by atoms with van der Waals surface area (Å²) in [5.74, 6) is 0. The Bertz CT molecular complexity index is 329. The van der Waals surface area contributed by atoms with Crippen LogP contribution in [0.25, 0.3) is 0 Å². The molecule has 0 aliphatic carbocycles. The molecule has 0 unspecified atom stereocenters. The van der Waals surface area contributed by atoms with Crippen molar-refractivity contribution in [2.45, 2.75) is 39.5 Å². The van der Waals surface area contributed by atoms with Gasteiger partial charge in [0.05, 0.1) is 0 Å². The van der Waals surface area contributed by atoms with Crippen molar-refractivity contribution >= 4 is 17.6 Å². The van der Waals surface area contributed by atoms with Gasteiger partial charge in [0.25, 0.3) is 0 Å². The van der Waals surface area contributed by atoms with Crippen LogP contribution in [0, 0.1) is 0 Å². The molecular weight excluding hydrogens is 190 g/mol. The minimum absolute atomic E-state index is 0.258. The van der Waals surface area contributed by atoms with Gasteiger partial charge < -0.3 is 0 Å². The molecule has 0 atom stereocenters. The summed E-state index contributed by atoms with van der Waals surface area (Å²) >= 11 is 1.92. The van der Waals surface area contributed by atoms with E-state index in [2.05, 4.69) is 38.8 Å². The topological polar surface area (TPSA) is 12.4 Å². The maximum atomic E-state index is 4.09. The minimum Gasteiger partial charge on any atom is -0.296 e. The van der Waals surface area contributed by atoms with E-state index in [1.807, 2.05) is 24.6 Å². The molecule has 0 amide bonds. The third-order valence-electron chi connectivity index (χ3n) is 2.17. The molecule has 1 heterocycles. The van der Waals surface area contributed by atoms with Crippen LogP contribution in [0.5, 0.6) is 0 Å². The van der Waals surface area contributed by atoms with E-state index < -0.39 is 0 Å². The zero-order chi connectivity index (χ0) is 10.8. The van der Waals surface area contributed by atoms with Crippen LogP contribution in [0.3, 0.4) is 0 Å². The normalized spacial score (nSPS) is 12.6. The van der Waals surface area contributed by atoms with Crippen molar-refractivity contribution in [3.05, 3.63) is 21.4 Å². The lowest BCUT2D eigenvalue weighted by Gasteiger charge is -2.15. The van der Waals surface area contributed by atoms with E-state index in [0.29, 0.717) is 0 Å². The molecule has 0 spiro atoms. The highest BCUT2D eigenvalue weighted by Gasteiger charge is 2.18. The first-order valence-corrected chi connectivity index (χ1v) is 5.86. The summed E-state index contributed by atoms with van der Waals surface area (Å²) in [6, 6.07) is 2.27. The van der Waals surface area contributed by atoms with Gasteiger partial charge in [0.15, 0.2) is 0 Å². The predicted molar refractivity (Wildman–Crippen MR) is 65.9 cm³/mol. The van der Waals surface area contributed by atoms with Gasteiger partial charge in [-0.1, -0.05) is 27.7 Å². The van der Waals surface area contributed by atoms with Crippen LogP contribution in [0.1, 0.15) is 43.0 Å². The van der Waals surface area contributed by atoms with E-state index in [4.69, 9.17) is 0 Å². The van der Waals surface area contributed by atoms with Gasteiger partial charge in [-0.25, -0.2) is 0 Å². The average Bonchev–Trinajstić information content (AvgIpc) is 2.47. The number of thiophene rings is 1. The molecule has 14 heavy (non-hydrogen) atoms. The van der Waals surface area contributed by atoms with Gasteiger partial charge in [0, 0.05) is 28.6 Å². The molecule has 0 saturated heterocycles. The Balaban J connectivity index is 3.13. The first-order valence-electron chi connectivity index (χ1n) is 5.04. The predicted octanol–water partition coefficient (Wildman–Crippen LogP) is 3.66. The minimum atomic E-state index is 0.258. The zero-order valence-electron chi connectivity index (χ0n) is 9.72. The van der Waals surface area contributed by atoms with Crippen molar-refractivity contribution in [1.82, 2.24) is 0 Å². The number of hydrogen-bond acceptors (Lipinski definition) is 2. The van der Waals surface area contributed by atoms with Crippen LogP contribution in [-0.4, -0.2) is 13.3 Å². The van der Waals surface area contributed by atoms with Crippen LogP contribution < -0.4 is 0 Å². The second-order valence-electron chi connectivity index (χ2n) is 4.48. The van der Waals surface area contributed by atoms with E-state index in [9.17, 15) is 0 Å². The van der Waals surface area contributed by atoms with Crippen LogP contribution in [-0.2, 0) is 11.8 Å². The van der Waals surface area contributed by atoms with E-state index >= 15 is 0 Å². The summed E-state index contributed by atoms with van der Waals surface area (Å²) in [6.45, 7) is 8.96. The number of aryl methyl sites for hydroxylation is 1. The Kier molecular flexibility index (Phi) is 3.48. The second kappa shape index (κ2) is 4.26. The number of nitrogens with zero attached hydrogens (tertiary/aromatic N) is 1. The smallest absolute Gasteiger partial charge is 0.0292 e. The van der Waals surface area contributed by atoms with E-state index in [1.54, 1.807) is 0 Å². The Morgan fingerprint density at radius 2 is 2.07 bits per heavy atom. The number of hydrogen-bond donors (Lipinski definition) is 0. The lowest BCUT2D eigenvalue weighted by molar-refractivity contribution is 0.604. The van der Waals surface area contributed by atoms with Crippen molar-refractivity contribution in [3.63, 3.8) is 0 Å². The molecule has 0 aromatic carbocycles. The molecule has 1 rings (SSSR count). The molecule has 1 aromatic rings. The van der Waals surface area contributed by atoms with Crippen LogP contribution in [0.2, 0.25) is 0 Å². The molecule has 1 aromatic heterocycles. The van der Waals surface area contributed by atoms with Gasteiger partial charge in [-0.15, -0.1) is 11.3 Å². The van der Waals surface area contributed by atoms with Gasteiger partial charge in [-0.2, -0.15) is 0 Å². The number of rotatable bonds is 2. The molecule has 0 radical (unpaired) electrons. The molecule has 0 aliphatic rings. The second-order valence-corrected chi connectivity index (χ2v) is 5.62. The fourth-order valence-corrected chi connectivity index (χ4v) is 2.47. The summed E-state index contributed by atoms with van der Waals surface area (Å²) < 4.78 is 0. The van der Waals surface area contributed by atoms with Crippen molar-refractivity contribution < 1.29 is 0 Å². The standard InChI is InChI=1S/C12H19NS/c1-6-10-9(8-13-5)7-11(14-10)12(2,3)4/h7-8H,6H2,1-5H3. The summed E-state index contributed by atoms with van der Waals surface area (Å²) in [6.07, 6.45) is 3.06. The highest BCUT2D eigenvalue weighted by Crippen LogP contribution is 2.32. The molecule has 0 saturated carbocycles.